The molecule has 1 fully saturated rings. The molecule has 0 spiro atoms. The number of Topliss-reactive ketones (excluding diaryl/α,β-unsaturated/α-hetero) is 1. The highest BCUT2D eigenvalue weighted by molar-refractivity contribution is 7.88. The SMILES string of the molecule is CS(=O)(=O)N1CCN(CCCOc2ccc3c(c2)C(=O)C(c2cnc4ccccc4c2)=C3c2cc(F)cc(F)c2)CC1. The maximum absolute atomic E-state index is 14.3. The van der Waals surface area contributed by atoms with E-state index in [1.165, 1.54) is 22.7 Å². The highest BCUT2D eigenvalue weighted by Gasteiger charge is 2.33. The van der Waals surface area contributed by atoms with Crippen LogP contribution in [0.5, 0.6) is 5.75 Å². The number of carbonyl (C=O) groups is 1. The van der Waals surface area contributed by atoms with E-state index in [0.717, 1.165) is 29.9 Å². The molecule has 1 aromatic heterocycles. The fraction of sp³-hybridized carbons (Fsp3) is 0.250. The van der Waals surface area contributed by atoms with Gasteiger partial charge in [-0.15, -0.1) is 0 Å². The summed E-state index contributed by atoms with van der Waals surface area (Å²) < 4.78 is 59.6. The lowest BCUT2D eigenvalue weighted by atomic mass is 9.94. The maximum atomic E-state index is 14.3. The number of rotatable bonds is 8. The maximum Gasteiger partial charge on any atom is 0.211 e. The van der Waals surface area contributed by atoms with E-state index in [4.69, 9.17) is 4.74 Å². The number of hydrogen-bond donors (Lipinski definition) is 0. The summed E-state index contributed by atoms with van der Waals surface area (Å²) in [6.45, 7) is 3.47. The second kappa shape index (κ2) is 11.4. The zero-order valence-electron chi connectivity index (χ0n) is 23.0. The first-order valence-corrected chi connectivity index (χ1v) is 15.6. The predicted octanol–water partition coefficient (Wildman–Crippen LogP) is 5.01. The molecule has 1 aliphatic carbocycles. The number of fused-ring (bicyclic) bond motifs is 2. The van der Waals surface area contributed by atoms with Crippen molar-refractivity contribution in [3.8, 4) is 5.75 Å². The lowest BCUT2D eigenvalue weighted by Crippen LogP contribution is -2.48. The Morgan fingerprint density at radius 3 is 2.33 bits per heavy atom. The molecule has 3 aromatic carbocycles. The van der Waals surface area contributed by atoms with Crippen molar-refractivity contribution in [1.29, 1.82) is 0 Å². The molecule has 0 radical (unpaired) electrons. The Kier molecular flexibility index (Phi) is 7.61. The van der Waals surface area contributed by atoms with Crippen LogP contribution in [0.3, 0.4) is 0 Å². The molecule has 0 saturated carbocycles. The molecule has 0 unspecified atom stereocenters. The molecule has 1 aliphatic heterocycles. The summed E-state index contributed by atoms with van der Waals surface area (Å²) in [5.41, 5.74) is 3.36. The van der Waals surface area contributed by atoms with Crippen LogP contribution in [0.4, 0.5) is 8.78 Å². The number of allylic oxidation sites excluding steroid dienone is 1. The third-order valence-electron chi connectivity index (χ3n) is 7.70. The molecule has 0 amide bonds. The summed E-state index contributed by atoms with van der Waals surface area (Å²) in [6, 6.07) is 17.9. The van der Waals surface area contributed by atoms with Gasteiger partial charge in [0.2, 0.25) is 10.0 Å². The molecule has 1 saturated heterocycles. The van der Waals surface area contributed by atoms with E-state index in [9.17, 15) is 22.0 Å². The predicted molar refractivity (Wildman–Crippen MR) is 158 cm³/mol. The zero-order valence-corrected chi connectivity index (χ0v) is 23.8. The van der Waals surface area contributed by atoms with Gasteiger partial charge in [0.05, 0.1) is 18.4 Å². The van der Waals surface area contributed by atoms with Gasteiger partial charge in [-0.2, -0.15) is 4.31 Å². The van der Waals surface area contributed by atoms with Crippen LogP contribution in [-0.2, 0) is 10.0 Å². The number of sulfonamides is 1. The molecule has 216 valence electrons. The van der Waals surface area contributed by atoms with Gasteiger partial charge in [0.1, 0.15) is 17.4 Å². The summed E-state index contributed by atoms with van der Waals surface area (Å²) >= 11 is 0. The third kappa shape index (κ3) is 5.70. The van der Waals surface area contributed by atoms with Crippen LogP contribution in [0, 0.1) is 11.6 Å². The van der Waals surface area contributed by atoms with Crippen molar-refractivity contribution in [2.75, 3.05) is 45.6 Å². The van der Waals surface area contributed by atoms with Crippen LogP contribution < -0.4 is 4.74 Å². The highest BCUT2D eigenvalue weighted by atomic mass is 32.2. The van der Waals surface area contributed by atoms with Gasteiger partial charge in [0.25, 0.3) is 0 Å². The van der Waals surface area contributed by atoms with Gasteiger partial charge in [-0.3, -0.25) is 9.78 Å². The van der Waals surface area contributed by atoms with E-state index in [0.29, 0.717) is 66.4 Å². The van der Waals surface area contributed by atoms with E-state index in [-0.39, 0.29) is 11.3 Å². The second-order valence-electron chi connectivity index (χ2n) is 10.6. The summed E-state index contributed by atoms with van der Waals surface area (Å²) in [7, 11) is -3.17. The number of benzene rings is 3. The Hall–Kier alpha value is -3.99. The zero-order chi connectivity index (χ0) is 29.4. The number of carbonyl (C=O) groups excluding carboxylic acids is 1. The van der Waals surface area contributed by atoms with Crippen molar-refractivity contribution in [3.63, 3.8) is 0 Å². The molecule has 42 heavy (non-hydrogen) atoms. The van der Waals surface area contributed by atoms with E-state index in [1.54, 1.807) is 24.4 Å². The number of piperazine rings is 1. The van der Waals surface area contributed by atoms with Gasteiger partial charge < -0.3 is 9.64 Å². The highest BCUT2D eigenvalue weighted by Crippen LogP contribution is 2.44. The average Bonchev–Trinajstić information content (AvgIpc) is 3.26. The molecule has 0 N–H and O–H groups in total. The van der Waals surface area contributed by atoms with Crippen molar-refractivity contribution in [1.82, 2.24) is 14.2 Å². The Bertz CT molecular complexity index is 1810. The van der Waals surface area contributed by atoms with Crippen molar-refractivity contribution >= 4 is 37.9 Å². The lowest BCUT2D eigenvalue weighted by molar-refractivity contribution is 0.105. The first-order valence-electron chi connectivity index (χ1n) is 13.7. The van der Waals surface area contributed by atoms with Gasteiger partial charge in [0, 0.05) is 72.6 Å². The fourth-order valence-corrected chi connectivity index (χ4v) is 6.47. The van der Waals surface area contributed by atoms with Crippen molar-refractivity contribution in [2.24, 2.45) is 0 Å². The molecule has 6 rings (SSSR count). The number of nitrogens with zero attached hydrogens (tertiary/aromatic N) is 3. The van der Waals surface area contributed by atoms with Crippen LogP contribution in [0.15, 0.2) is 72.9 Å². The molecule has 0 atom stereocenters. The van der Waals surface area contributed by atoms with Crippen LogP contribution in [0.1, 0.15) is 33.5 Å². The van der Waals surface area contributed by atoms with Crippen LogP contribution in [0.2, 0.25) is 0 Å². The molecule has 10 heteroatoms. The Morgan fingerprint density at radius 2 is 1.60 bits per heavy atom. The van der Waals surface area contributed by atoms with Crippen LogP contribution >= 0.6 is 0 Å². The smallest absolute Gasteiger partial charge is 0.211 e. The molecule has 0 bridgehead atoms. The molecule has 7 nitrogen and oxygen atoms in total. The fourth-order valence-electron chi connectivity index (χ4n) is 5.65. The van der Waals surface area contributed by atoms with E-state index < -0.39 is 21.7 Å². The number of aromatic nitrogens is 1. The monoisotopic (exact) mass is 589 g/mol. The summed E-state index contributed by atoms with van der Waals surface area (Å²) in [5.74, 6) is -1.21. The Labute approximate surface area is 243 Å². The van der Waals surface area contributed by atoms with Crippen molar-refractivity contribution in [3.05, 3.63) is 107 Å². The number of hydrogen-bond acceptors (Lipinski definition) is 6. The number of ether oxygens (including phenoxy) is 1. The first-order chi connectivity index (χ1) is 20.2. The summed E-state index contributed by atoms with van der Waals surface area (Å²) in [5, 5.41) is 0.845. The minimum Gasteiger partial charge on any atom is -0.494 e. The van der Waals surface area contributed by atoms with Crippen LogP contribution in [0.25, 0.3) is 22.0 Å². The Balaban J connectivity index is 1.23. The molecule has 4 aromatic rings. The van der Waals surface area contributed by atoms with Crippen molar-refractivity contribution in [2.45, 2.75) is 6.42 Å². The molecule has 2 aliphatic rings. The topological polar surface area (TPSA) is 79.8 Å². The van der Waals surface area contributed by atoms with E-state index in [2.05, 4.69) is 9.88 Å². The molecule has 2 heterocycles. The number of para-hydroxylation sites is 1. The van der Waals surface area contributed by atoms with Gasteiger partial charge in [-0.1, -0.05) is 18.2 Å². The summed E-state index contributed by atoms with van der Waals surface area (Å²) in [4.78, 5) is 20.6. The standard InChI is InChI=1S/C32H29F2N3O4S/c1-42(39,40)37-12-10-36(11-13-37)9-4-14-41-26-7-8-27-28(19-26)32(38)31(30(27)22-16-24(33)18-25(34)17-22)23-15-21-5-2-3-6-29(21)35-20-23/h2-3,5-8,15-20H,4,9-14H2,1H3. The van der Waals surface area contributed by atoms with Gasteiger partial charge >= 0.3 is 0 Å². The number of pyridine rings is 1. The van der Waals surface area contributed by atoms with Gasteiger partial charge in [-0.25, -0.2) is 17.2 Å². The minimum atomic E-state index is -3.17. The normalized spacial score (nSPS) is 16.3. The van der Waals surface area contributed by atoms with Crippen molar-refractivity contribution < 1.29 is 26.7 Å². The Morgan fingerprint density at radius 1 is 0.857 bits per heavy atom. The number of halogens is 2. The first kappa shape index (κ1) is 28.1. The van der Waals surface area contributed by atoms with Crippen LogP contribution in [-0.4, -0.2) is 74.0 Å². The summed E-state index contributed by atoms with van der Waals surface area (Å²) in [6.07, 6.45) is 3.57. The third-order valence-corrected chi connectivity index (χ3v) is 9.00. The number of ketones is 1. The average molecular weight is 590 g/mol. The van der Waals surface area contributed by atoms with Gasteiger partial charge in [0.15, 0.2) is 5.78 Å². The quantitative estimate of drug-likeness (QED) is 0.269. The largest absolute Gasteiger partial charge is 0.494 e. The molecular weight excluding hydrogens is 560 g/mol. The molecular formula is C32H29F2N3O4S. The van der Waals surface area contributed by atoms with E-state index in [1.807, 2.05) is 30.3 Å². The van der Waals surface area contributed by atoms with Gasteiger partial charge in [-0.05, 0) is 60.0 Å². The van der Waals surface area contributed by atoms with E-state index >= 15 is 0 Å². The minimum absolute atomic E-state index is 0.268. The lowest BCUT2D eigenvalue weighted by Gasteiger charge is -2.33. The second-order valence-corrected chi connectivity index (χ2v) is 12.5.